The van der Waals surface area contributed by atoms with E-state index in [9.17, 15) is 4.79 Å². The molecule has 1 aromatic rings. The first-order chi connectivity index (χ1) is 10.2. The Labute approximate surface area is 131 Å². The lowest BCUT2D eigenvalue weighted by molar-refractivity contribution is -0.116. The van der Waals surface area contributed by atoms with E-state index >= 15 is 0 Å². The van der Waals surface area contributed by atoms with Crippen LogP contribution in [0.25, 0.3) is 6.08 Å². The van der Waals surface area contributed by atoms with Crippen molar-refractivity contribution in [1.82, 2.24) is 15.6 Å². The highest BCUT2D eigenvalue weighted by atomic mass is 35.5. The zero-order valence-electron chi connectivity index (χ0n) is 12.1. The summed E-state index contributed by atoms with van der Waals surface area (Å²) in [6.45, 7) is 3.01. The SMILES string of the molecule is O=C(/C=C/c1ccc(Cl)nc1)NCCCC1CCNCC1. The van der Waals surface area contributed by atoms with Crippen molar-refractivity contribution in [3.05, 3.63) is 35.1 Å². The van der Waals surface area contributed by atoms with Crippen molar-refractivity contribution >= 4 is 23.6 Å². The largest absolute Gasteiger partial charge is 0.353 e. The van der Waals surface area contributed by atoms with Gasteiger partial charge in [0, 0.05) is 18.8 Å². The molecule has 1 aliphatic heterocycles. The van der Waals surface area contributed by atoms with Gasteiger partial charge in [0.2, 0.25) is 5.91 Å². The molecule has 0 saturated carbocycles. The minimum absolute atomic E-state index is 0.0599. The van der Waals surface area contributed by atoms with Crippen LogP contribution in [0.15, 0.2) is 24.4 Å². The maximum absolute atomic E-state index is 11.7. The molecule has 21 heavy (non-hydrogen) atoms. The summed E-state index contributed by atoms with van der Waals surface area (Å²) in [6.07, 6.45) is 9.69. The normalized spacial score (nSPS) is 16.2. The Balaban J connectivity index is 1.61. The van der Waals surface area contributed by atoms with Gasteiger partial charge >= 0.3 is 0 Å². The van der Waals surface area contributed by atoms with Crippen LogP contribution in [0, 0.1) is 5.92 Å². The molecule has 0 radical (unpaired) electrons. The van der Waals surface area contributed by atoms with Crippen LogP contribution in [0.1, 0.15) is 31.2 Å². The number of hydrogen-bond acceptors (Lipinski definition) is 3. The Kier molecular flexibility index (Phi) is 6.70. The summed E-state index contributed by atoms with van der Waals surface area (Å²) in [5, 5.41) is 6.74. The maximum Gasteiger partial charge on any atom is 0.243 e. The Bertz CT molecular complexity index is 467. The molecule has 2 rings (SSSR count). The summed E-state index contributed by atoms with van der Waals surface area (Å²) < 4.78 is 0. The molecule has 1 aliphatic rings. The van der Waals surface area contributed by atoms with Crippen molar-refractivity contribution < 1.29 is 4.79 Å². The van der Waals surface area contributed by atoms with E-state index in [1.54, 1.807) is 18.3 Å². The van der Waals surface area contributed by atoms with Crippen LogP contribution in [-0.4, -0.2) is 30.5 Å². The molecule has 1 saturated heterocycles. The Morgan fingerprint density at radius 2 is 2.24 bits per heavy atom. The van der Waals surface area contributed by atoms with Crippen LogP contribution >= 0.6 is 11.6 Å². The van der Waals surface area contributed by atoms with Crippen LogP contribution in [-0.2, 0) is 4.79 Å². The standard InChI is InChI=1S/C16H22ClN3O/c17-15-5-3-14(12-20-15)4-6-16(21)19-9-1-2-13-7-10-18-11-8-13/h3-6,12-13,18H,1-2,7-11H2,(H,19,21)/b6-4+. The van der Waals surface area contributed by atoms with Gasteiger partial charge in [-0.1, -0.05) is 17.7 Å². The van der Waals surface area contributed by atoms with Crippen LogP contribution in [0.5, 0.6) is 0 Å². The van der Waals surface area contributed by atoms with Gasteiger partial charge in [-0.25, -0.2) is 4.98 Å². The molecule has 1 fully saturated rings. The first-order valence-corrected chi connectivity index (χ1v) is 7.90. The summed E-state index contributed by atoms with van der Waals surface area (Å²) in [5.41, 5.74) is 0.865. The molecule has 0 bridgehead atoms. The van der Waals surface area contributed by atoms with E-state index in [-0.39, 0.29) is 5.91 Å². The molecule has 0 aliphatic carbocycles. The van der Waals surface area contributed by atoms with Gasteiger partial charge < -0.3 is 10.6 Å². The van der Waals surface area contributed by atoms with Crippen LogP contribution < -0.4 is 10.6 Å². The monoisotopic (exact) mass is 307 g/mol. The second-order valence-corrected chi connectivity index (χ2v) is 5.76. The van der Waals surface area contributed by atoms with E-state index in [0.717, 1.165) is 37.5 Å². The molecule has 1 aromatic heterocycles. The van der Waals surface area contributed by atoms with Crippen molar-refractivity contribution in [2.24, 2.45) is 5.92 Å². The first-order valence-electron chi connectivity index (χ1n) is 7.52. The fourth-order valence-corrected chi connectivity index (χ4v) is 2.60. The smallest absolute Gasteiger partial charge is 0.243 e. The third-order valence-corrected chi connectivity index (χ3v) is 3.95. The van der Waals surface area contributed by atoms with E-state index in [4.69, 9.17) is 11.6 Å². The number of halogens is 1. The minimum Gasteiger partial charge on any atom is -0.353 e. The van der Waals surface area contributed by atoms with Crippen molar-refractivity contribution in [3.63, 3.8) is 0 Å². The maximum atomic E-state index is 11.7. The average Bonchev–Trinajstić information content (AvgIpc) is 2.52. The Morgan fingerprint density at radius 3 is 2.95 bits per heavy atom. The van der Waals surface area contributed by atoms with E-state index in [1.165, 1.54) is 25.3 Å². The summed E-state index contributed by atoms with van der Waals surface area (Å²) >= 11 is 5.70. The quantitative estimate of drug-likeness (QED) is 0.482. The molecular weight excluding hydrogens is 286 g/mol. The van der Waals surface area contributed by atoms with Gasteiger partial charge in [-0.05, 0) is 62.4 Å². The lowest BCUT2D eigenvalue weighted by atomic mass is 9.93. The van der Waals surface area contributed by atoms with E-state index < -0.39 is 0 Å². The highest BCUT2D eigenvalue weighted by Gasteiger charge is 2.11. The number of hydrogen-bond donors (Lipinski definition) is 2. The molecule has 5 heteroatoms. The molecule has 0 unspecified atom stereocenters. The summed E-state index contributed by atoms with van der Waals surface area (Å²) in [5.74, 6) is 0.758. The van der Waals surface area contributed by atoms with Gasteiger partial charge in [0.25, 0.3) is 0 Å². The van der Waals surface area contributed by atoms with Gasteiger partial charge in [-0.3, -0.25) is 4.79 Å². The highest BCUT2D eigenvalue weighted by Crippen LogP contribution is 2.17. The molecule has 0 atom stereocenters. The number of carbonyl (C=O) groups excluding carboxylic acids is 1. The summed E-state index contributed by atoms with van der Waals surface area (Å²) in [7, 11) is 0. The number of amides is 1. The fourth-order valence-electron chi connectivity index (χ4n) is 2.49. The number of aromatic nitrogens is 1. The van der Waals surface area contributed by atoms with E-state index in [0.29, 0.717) is 5.15 Å². The molecule has 0 spiro atoms. The van der Waals surface area contributed by atoms with Crippen molar-refractivity contribution in [1.29, 1.82) is 0 Å². The number of rotatable bonds is 6. The van der Waals surface area contributed by atoms with Crippen LogP contribution in [0.4, 0.5) is 0 Å². The van der Waals surface area contributed by atoms with Crippen molar-refractivity contribution in [3.8, 4) is 0 Å². The average molecular weight is 308 g/mol. The number of nitrogens with one attached hydrogen (secondary N) is 2. The van der Waals surface area contributed by atoms with Crippen LogP contribution in [0.3, 0.4) is 0 Å². The predicted molar refractivity (Wildman–Crippen MR) is 86.1 cm³/mol. The second-order valence-electron chi connectivity index (χ2n) is 5.37. The van der Waals surface area contributed by atoms with Gasteiger partial charge in [-0.15, -0.1) is 0 Å². The van der Waals surface area contributed by atoms with Gasteiger partial charge in [0.15, 0.2) is 0 Å². The molecule has 0 aromatic carbocycles. The summed E-state index contributed by atoms with van der Waals surface area (Å²) in [6, 6.07) is 3.54. The number of carbonyl (C=O) groups is 1. The molecule has 2 heterocycles. The lowest BCUT2D eigenvalue weighted by Crippen LogP contribution is -2.28. The molecule has 1 amide bonds. The van der Waals surface area contributed by atoms with E-state index in [2.05, 4.69) is 15.6 Å². The second kappa shape index (κ2) is 8.80. The summed E-state index contributed by atoms with van der Waals surface area (Å²) in [4.78, 5) is 15.6. The zero-order chi connectivity index (χ0) is 14.9. The molecular formula is C16H22ClN3O. The first kappa shape index (κ1) is 16.0. The van der Waals surface area contributed by atoms with Crippen molar-refractivity contribution in [2.45, 2.75) is 25.7 Å². The predicted octanol–water partition coefficient (Wildman–Crippen LogP) is 2.64. The molecule has 2 N–H and O–H groups in total. The zero-order valence-corrected chi connectivity index (χ0v) is 12.9. The number of nitrogens with zero attached hydrogens (tertiary/aromatic N) is 1. The molecule has 114 valence electrons. The third kappa shape index (κ3) is 6.27. The highest BCUT2D eigenvalue weighted by molar-refractivity contribution is 6.29. The Hall–Kier alpha value is -1.39. The van der Waals surface area contributed by atoms with Crippen molar-refractivity contribution in [2.75, 3.05) is 19.6 Å². The van der Waals surface area contributed by atoms with Crippen LogP contribution in [0.2, 0.25) is 5.15 Å². The molecule has 4 nitrogen and oxygen atoms in total. The third-order valence-electron chi connectivity index (χ3n) is 3.72. The minimum atomic E-state index is -0.0599. The van der Waals surface area contributed by atoms with Gasteiger partial charge in [-0.2, -0.15) is 0 Å². The number of pyridine rings is 1. The van der Waals surface area contributed by atoms with Gasteiger partial charge in [0.1, 0.15) is 5.15 Å². The van der Waals surface area contributed by atoms with Gasteiger partial charge in [0.05, 0.1) is 0 Å². The lowest BCUT2D eigenvalue weighted by Gasteiger charge is -2.22. The Morgan fingerprint density at radius 1 is 1.43 bits per heavy atom. The van der Waals surface area contributed by atoms with E-state index in [1.807, 2.05) is 6.07 Å². The fraction of sp³-hybridized carbons (Fsp3) is 0.500. The number of piperidine rings is 1. The topological polar surface area (TPSA) is 54.0 Å².